The summed E-state index contributed by atoms with van der Waals surface area (Å²) in [4.78, 5) is 29.8. The van der Waals surface area contributed by atoms with Crippen molar-refractivity contribution < 1.29 is 14.6 Å². The first-order chi connectivity index (χ1) is 16.8. The molecule has 11 nitrogen and oxygen atoms in total. The highest BCUT2D eigenvalue weighted by atomic mass is 16.6. The van der Waals surface area contributed by atoms with E-state index in [2.05, 4.69) is 20.6 Å². The van der Waals surface area contributed by atoms with Crippen molar-refractivity contribution in [2.24, 2.45) is 0 Å². The number of carbonyl (C=O) groups is 1. The summed E-state index contributed by atoms with van der Waals surface area (Å²) in [7, 11) is 0. The minimum Gasteiger partial charge on any atom is -0.444 e. The molecule has 3 aromatic rings. The van der Waals surface area contributed by atoms with Crippen LogP contribution in [0.1, 0.15) is 33.6 Å². The van der Waals surface area contributed by atoms with Gasteiger partial charge in [-0.1, -0.05) is 6.07 Å². The Kier molecular flexibility index (Phi) is 6.20. The van der Waals surface area contributed by atoms with Crippen LogP contribution in [-0.2, 0) is 4.74 Å². The van der Waals surface area contributed by atoms with Gasteiger partial charge in [0.05, 0.1) is 30.0 Å². The highest BCUT2D eigenvalue weighted by Crippen LogP contribution is 2.24. The number of hydrogen-bond donors (Lipinski definition) is 3. The highest BCUT2D eigenvalue weighted by molar-refractivity contribution is 5.68. The molecule has 0 spiro atoms. The fourth-order valence-electron chi connectivity index (χ4n) is 4.46. The van der Waals surface area contributed by atoms with Gasteiger partial charge in [-0.05, 0) is 45.7 Å². The molecule has 5 heterocycles. The Morgan fingerprint density at radius 3 is 2.86 bits per heavy atom. The molecule has 0 radical (unpaired) electrons. The predicted octanol–water partition coefficient (Wildman–Crippen LogP) is 2.29. The smallest absolute Gasteiger partial charge is 0.410 e. The Hall–Kier alpha value is -3.44. The first-order valence-corrected chi connectivity index (χ1v) is 12.0. The number of aliphatic hydroxyl groups excluding tert-OH is 1. The van der Waals surface area contributed by atoms with E-state index in [1.165, 1.54) is 0 Å². The molecule has 3 N–H and O–H groups in total. The molecule has 3 aromatic heterocycles. The SMILES string of the molecule is CC(C)(C)OC(=O)N1CCC[C@@H](Nc2cccc(-c3cnc4cnc(N5CCNC5O)cn34)n2)C1. The van der Waals surface area contributed by atoms with Gasteiger partial charge < -0.3 is 25.0 Å². The minimum atomic E-state index is -0.756. The third-order valence-electron chi connectivity index (χ3n) is 6.09. The van der Waals surface area contributed by atoms with Crippen LogP contribution in [0.15, 0.2) is 36.8 Å². The summed E-state index contributed by atoms with van der Waals surface area (Å²) in [6.07, 6.45) is 6.15. The lowest BCUT2D eigenvalue weighted by atomic mass is 10.1. The molecule has 186 valence electrons. The van der Waals surface area contributed by atoms with Crippen LogP contribution in [0.3, 0.4) is 0 Å². The Bertz CT molecular complexity index is 1210. The molecule has 0 aromatic carbocycles. The van der Waals surface area contributed by atoms with Gasteiger partial charge in [-0.15, -0.1) is 0 Å². The van der Waals surface area contributed by atoms with Gasteiger partial charge in [-0.2, -0.15) is 0 Å². The van der Waals surface area contributed by atoms with E-state index in [0.717, 1.165) is 30.0 Å². The number of likely N-dealkylation sites (tertiary alicyclic amines) is 1. The number of piperidine rings is 1. The topological polar surface area (TPSA) is 120 Å². The average molecular weight is 481 g/mol. The number of fused-ring (bicyclic) bond motifs is 1. The van der Waals surface area contributed by atoms with Crippen LogP contribution >= 0.6 is 0 Å². The van der Waals surface area contributed by atoms with E-state index in [4.69, 9.17) is 9.72 Å². The number of amides is 1. The van der Waals surface area contributed by atoms with Crippen molar-refractivity contribution in [3.8, 4) is 11.4 Å². The first-order valence-electron chi connectivity index (χ1n) is 12.0. The lowest BCUT2D eigenvalue weighted by Gasteiger charge is -2.34. The van der Waals surface area contributed by atoms with E-state index in [9.17, 15) is 9.90 Å². The van der Waals surface area contributed by atoms with E-state index in [1.54, 1.807) is 22.2 Å². The fraction of sp³-hybridized carbons (Fsp3) is 0.500. The van der Waals surface area contributed by atoms with Crippen molar-refractivity contribution in [2.75, 3.05) is 36.4 Å². The van der Waals surface area contributed by atoms with Crippen molar-refractivity contribution in [2.45, 2.75) is 51.6 Å². The molecule has 0 saturated carbocycles. The van der Waals surface area contributed by atoms with E-state index < -0.39 is 12.0 Å². The maximum atomic E-state index is 12.5. The molecule has 2 saturated heterocycles. The van der Waals surface area contributed by atoms with Gasteiger partial charge in [-0.25, -0.2) is 19.7 Å². The van der Waals surface area contributed by atoms with Crippen LogP contribution in [0.25, 0.3) is 17.0 Å². The number of nitrogens with zero attached hydrogens (tertiary/aromatic N) is 6. The second-order valence-corrected chi connectivity index (χ2v) is 9.96. The van der Waals surface area contributed by atoms with E-state index in [-0.39, 0.29) is 12.1 Å². The van der Waals surface area contributed by atoms with Crippen molar-refractivity contribution in [1.82, 2.24) is 29.6 Å². The van der Waals surface area contributed by atoms with Gasteiger partial charge >= 0.3 is 6.09 Å². The molecule has 5 rings (SSSR count). The number of nitrogens with one attached hydrogen (secondary N) is 2. The zero-order valence-corrected chi connectivity index (χ0v) is 20.3. The van der Waals surface area contributed by atoms with Gasteiger partial charge in [0.25, 0.3) is 0 Å². The summed E-state index contributed by atoms with van der Waals surface area (Å²) >= 11 is 0. The standard InChI is InChI=1S/C24H32N8O3/c1-24(2,3)35-23(34)30-10-5-6-16(14-30)28-19-8-4-7-17(29-19)18-12-26-20-13-27-21(15-32(18)20)31-11-9-25-22(31)33/h4,7-8,12-13,15-16,22,25,33H,5-6,9-11,14H2,1-3H3,(H,28,29)/t16-,22?/m1/s1. The van der Waals surface area contributed by atoms with Gasteiger partial charge in [0, 0.05) is 32.2 Å². The monoisotopic (exact) mass is 480 g/mol. The van der Waals surface area contributed by atoms with Gasteiger partial charge in [0.1, 0.15) is 17.2 Å². The largest absolute Gasteiger partial charge is 0.444 e. The number of aromatic nitrogens is 4. The van der Waals surface area contributed by atoms with Crippen molar-refractivity contribution >= 4 is 23.4 Å². The average Bonchev–Trinajstić information content (AvgIpc) is 3.44. The number of rotatable bonds is 4. The molecule has 0 bridgehead atoms. The lowest BCUT2D eigenvalue weighted by Crippen LogP contribution is -2.47. The third kappa shape index (κ3) is 5.15. The Labute approximate surface area is 204 Å². The summed E-state index contributed by atoms with van der Waals surface area (Å²) in [5.41, 5.74) is 1.78. The minimum absolute atomic E-state index is 0.0844. The van der Waals surface area contributed by atoms with Crippen LogP contribution in [0.2, 0.25) is 0 Å². The number of imidazole rings is 1. The van der Waals surface area contributed by atoms with E-state index in [1.807, 2.05) is 49.6 Å². The van der Waals surface area contributed by atoms with Crippen LogP contribution in [0.5, 0.6) is 0 Å². The molecule has 2 fully saturated rings. The summed E-state index contributed by atoms with van der Waals surface area (Å²) in [5.74, 6) is 1.40. The second-order valence-electron chi connectivity index (χ2n) is 9.96. The zero-order valence-electron chi connectivity index (χ0n) is 20.3. The molecule has 0 aliphatic carbocycles. The van der Waals surface area contributed by atoms with Crippen molar-refractivity contribution in [1.29, 1.82) is 0 Å². The molecule has 2 atom stereocenters. The second kappa shape index (κ2) is 9.31. The predicted molar refractivity (Wildman–Crippen MR) is 132 cm³/mol. The van der Waals surface area contributed by atoms with Crippen molar-refractivity contribution in [3.63, 3.8) is 0 Å². The number of anilines is 2. The zero-order chi connectivity index (χ0) is 24.6. The molecular formula is C24H32N8O3. The quantitative estimate of drug-likeness (QED) is 0.516. The Morgan fingerprint density at radius 2 is 2.09 bits per heavy atom. The molecule has 1 amide bonds. The number of ether oxygens (including phenoxy) is 1. The summed E-state index contributed by atoms with van der Waals surface area (Å²) in [6, 6.07) is 5.91. The van der Waals surface area contributed by atoms with Crippen LogP contribution < -0.4 is 15.5 Å². The van der Waals surface area contributed by atoms with E-state index >= 15 is 0 Å². The van der Waals surface area contributed by atoms with E-state index in [0.29, 0.717) is 37.6 Å². The van der Waals surface area contributed by atoms with Gasteiger partial charge in [0.2, 0.25) is 0 Å². The van der Waals surface area contributed by atoms with Gasteiger partial charge in [-0.3, -0.25) is 9.72 Å². The maximum absolute atomic E-state index is 12.5. The van der Waals surface area contributed by atoms with Crippen LogP contribution in [0, 0.1) is 0 Å². The molecular weight excluding hydrogens is 448 g/mol. The van der Waals surface area contributed by atoms with Crippen molar-refractivity contribution in [3.05, 3.63) is 36.8 Å². The molecule has 2 aliphatic heterocycles. The molecule has 11 heteroatoms. The number of aliphatic hydroxyl groups is 1. The highest BCUT2D eigenvalue weighted by Gasteiger charge is 2.28. The molecule has 2 aliphatic rings. The van der Waals surface area contributed by atoms with Crippen LogP contribution in [-0.4, -0.2) is 79.6 Å². The lowest BCUT2D eigenvalue weighted by molar-refractivity contribution is 0.0206. The fourth-order valence-corrected chi connectivity index (χ4v) is 4.46. The maximum Gasteiger partial charge on any atom is 0.410 e. The Morgan fingerprint density at radius 1 is 1.23 bits per heavy atom. The number of pyridine rings is 1. The van der Waals surface area contributed by atoms with Gasteiger partial charge in [0.15, 0.2) is 12.0 Å². The normalized spacial score (nSPS) is 20.9. The molecule has 35 heavy (non-hydrogen) atoms. The first kappa shape index (κ1) is 23.3. The van der Waals surface area contributed by atoms with Crippen LogP contribution in [0.4, 0.5) is 16.4 Å². The summed E-state index contributed by atoms with van der Waals surface area (Å²) in [6.45, 7) is 8.26. The number of carbonyl (C=O) groups excluding carboxylic acids is 1. The number of hydrogen-bond acceptors (Lipinski definition) is 9. The summed E-state index contributed by atoms with van der Waals surface area (Å²) < 4.78 is 7.48. The molecule has 1 unspecified atom stereocenters. The summed E-state index contributed by atoms with van der Waals surface area (Å²) in [5, 5.41) is 16.6. The Balaban J connectivity index is 1.33. The third-order valence-corrected chi connectivity index (χ3v) is 6.09.